The number of amides is 2. The van der Waals surface area contributed by atoms with Gasteiger partial charge in [-0.05, 0) is 87.2 Å². The second kappa shape index (κ2) is 19.2. The zero-order valence-corrected chi connectivity index (χ0v) is 40.6. The van der Waals surface area contributed by atoms with Crippen molar-refractivity contribution in [3.05, 3.63) is 87.4 Å². The Morgan fingerprint density at radius 1 is 0.924 bits per heavy atom. The molecule has 0 spiro atoms. The predicted octanol–water partition coefficient (Wildman–Crippen LogP) is 4.30. The Bertz CT molecular complexity index is 2480. The van der Waals surface area contributed by atoms with Crippen molar-refractivity contribution in [3.8, 4) is 17.2 Å². The molecular formula is C48H65ClN8O8S. The molecule has 1 aromatic heterocycles. The lowest BCUT2D eigenvalue weighted by Crippen LogP contribution is -2.75. The number of likely N-dealkylation sites (N-methyl/N-ethyl adjacent to an activating group) is 1. The fraction of sp³-hybridized carbons (Fsp3) is 0.562. The Morgan fingerprint density at radius 3 is 2.33 bits per heavy atom. The summed E-state index contributed by atoms with van der Waals surface area (Å²) in [6.07, 6.45) is 5.81. The molecule has 0 radical (unpaired) electrons. The van der Waals surface area contributed by atoms with Crippen LogP contribution >= 0.6 is 11.6 Å². The quantitative estimate of drug-likeness (QED) is 0.137. The van der Waals surface area contributed by atoms with Gasteiger partial charge in [-0.25, -0.2) is 8.42 Å². The number of likely N-dealkylation sites (tertiary alicyclic amines) is 1. The van der Waals surface area contributed by atoms with Gasteiger partial charge < -0.3 is 29.7 Å². The number of fused-ring (bicyclic) bond motifs is 1. The Balaban J connectivity index is 0.791. The summed E-state index contributed by atoms with van der Waals surface area (Å²) in [7, 11) is -1.86. The maximum atomic E-state index is 13.7. The minimum atomic E-state index is -3.56. The standard InChI is InChI=1S/C48H65ClN8O8S/c1-8-66(61,62)54-31-10-12-39(36(23-31)37-28-55(7)43(60)41-35(37)13-17-50-41)57-20-16-33(25-40(57)58)64-22-21-63-32-14-18-56(19-15-32)46-51-26-30(27-52-46)42(59)53-44-47(3,4)45(48(44,5)6)65-34-11-9-29(2)38(49)24-34/h9-12,16,20,23-25,28,30,32,35,41,44-46,50-52,54H,8,13-15,17-19,21-22,26-27H2,1-7H3,(H,53,59). The van der Waals surface area contributed by atoms with Crippen LogP contribution in [-0.2, 0) is 24.3 Å². The summed E-state index contributed by atoms with van der Waals surface area (Å²) in [5.41, 5.74) is 2.56. The highest BCUT2D eigenvalue weighted by Crippen LogP contribution is 2.55. The first-order valence-corrected chi connectivity index (χ1v) is 25.2. The van der Waals surface area contributed by atoms with Gasteiger partial charge in [0.2, 0.25) is 21.8 Å². The van der Waals surface area contributed by atoms with Crippen LogP contribution in [0.1, 0.15) is 65.0 Å². The highest BCUT2D eigenvalue weighted by Gasteiger charge is 2.64. The molecule has 16 nitrogen and oxygen atoms in total. The van der Waals surface area contributed by atoms with Crippen molar-refractivity contribution in [1.29, 1.82) is 0 Å². The first-order chi connectivity index (χ1) is 31.4. The van der Waals surface area contributed by atoms with Crippen molar-refractivity contribution in [2.75, 3.05) is 63.5 Å². The molecule has 2 aromatic carbocycles. The van der Waals surface area contributed by atoms with E-state index in [1.807, 2.05) is 25.1 Å². The zero-order chi connectivity index (χ0) is 47.1. The summed E-state index contributed by atoms with van der Waals surface area (Å²) < 4.78 is 47.8. The second-order valence-electron chi connectivity index (χ2n) is 19.5. The first kappa shape index (κ1) is 48.0. The number of hydrogen-bond acceptors (Lipinski definition) is 12. The van der Waals surface area contributed by atoms with E-state index in [0.717, 1.165) is 49.2 Å². The highest BCUT2D eigenvalue weighted by molar-refractivity contribution is 7.92. The topological polar surface area (TPSA) is 185 Å². The number of nitrogens with zero attached hydrogens (tertiary/aromatic N) is 3. The molecule has 1 saturated carbocycles. The van der Waals surface area contributed by atoms with Gasteiger partial charge >= 0.3 is 0 Å². The van der Waals surface area contributed by atoms with Gasteiger partial charge in [-0.1, -0.05) is 45.4 Å². The van der Waals surface area contributed by atoms with E-state index in [1.54, 1.807) is 55.5 Å². The molecule has 5 heterocycles. The molecule has 2 amide bonds. The summed E-state index contributed by atoms with van der Waals surface area (Å²) >= 11 is 6.37. The monoisotopic (exact) mass is 948 g/mol. The molecule has 3 aromatic rings. The Hall–Kier alpha value is -4.49. The van der Waals surface area contributed by atoms with Crippen LogP contribution in [0.5, 0.6) is 11.5 Å². The number of nitrogens with one attached hydrogen (secondary N) is 5. The number of carbonyl (C=O) groups is 2. The molecule has 8 rings (SSSR count). The van der Waals surface area contributed by atoms with Gasteiger partial charge in [0.1, 0.15) is 30.5 Å². The van der Waals surface area contributed by atoms with Gasteiger partial charge in [0, 0.05) is 90.8 Å². The summed E-state index contributed by atoms with van der Waals surface area (Å²) in [5.74, 6) is 0.722. The number of hydrogen-bond donors (Lipinski definition) is 5. The van der Waals surface area contributed by atoms with Crippen LogP contribution < -0.4 is 41.0 Å². The molecule has 18 heteroatoms. The van der Waals surface area contributed by atoms with Gasteiger partial charge in [0.15, 0.2) is 0 Å². The second-order valence-corrected chi connectivity index (χ2v) is 22.0. The minimum Gasteiger partial charge on any atom is -0.491 e. The van der Waals surface area contributed by atoms with Crippen LogP contribution in [0.4, 0.5) is 5.69 Å². The smallest absolute Gasteiger partial charge is 0.258 e. The van der Waals surface area contributed by atoms with Crippen LogP contribution in [0.25, 0.3) is 11.3 Å². The van der Waals surface area contributed by atoms with Gasteiger partial charge in [0.25, 0.3) is 5.56 Å². The normalized spacial score (nSPS) is 26.5. The average Bonchev–Trinajstić information content (AvgIpc) is 3.79. The third-order valence-electron chi connectivity index (χ3n) is 14.2. The van der Waals surface area contributed by atoms with E-state index < -0.39 is 16.1 Å². The molecule has 0 bridgehead atoms. The third kappa shape index (κ3) is 9.89. The molecule has 2 atom stereocenters. The van der Waals surface area contributed by atoms with E-state index in [0.29, 0.717) is 54.0 Å². The number of ether oxygens (including phenoxy) is 3. The molecular weight excluding hydrogens is 884 g/mol. The summed E-state index contributed by atoms with van der Waals surface area (Å²) in [6, 6.07) is 13.6. The number of rotatable bonds is 15. The number of aryl methyl sites for hydroxylation is 1. The lowest BCUT2D eigenvalue weighted by Gasteiger charge is -2.63. The molecule has 2 unspecified atom stereocenters. The van der Waals surface area contributed by atoms with Crippen LogP contribution in [0.3, 0.4) is 0 Å². The molecule has 1 aliphatic carbocycles. The van der Waals surface area contributed by atoms with E-state index in [2.05, 4.69) is 58.6 Å². The molecule has 5 N–H and O–H groups in total. The number of pyridine rings is 1. The van der Waals surface area contributed by atoms with Crippen molar-refractivity contribution in [2.45, 2.75) is 91.4 Å². The minimum absolute atomic E-state index is 0.0272. The first-order valence-electron chi connectivity index (χ1n) is 23.1. The maximum absolute atomic E-state index is 13.7. The van der Waals surface area contributed by atoms with Crippen molar-refractivity contribution < 1.29 is 32.2 Å². The highest BCUT2D eigenvalue weighted by atomic mass is 35.5. The fourth-order valence-corrected chi connectivity index (χ4v) is 11.6. The molecule has 5 aliphatic rings. The van der Waals surface area contributed by atoms with Gasteiger partial charge in [0.05, 0.1) is 36.1 Å². The third-order valence-corrected chi connectivity index (χ3v) is 16.0. The molecule has 4 aliphatic heterocycles. The van der Waals surface area contributed by atoms with Crippen LogP contribution in [0.2, 0.25) is 5.02 Å². The lowest BCUT2D eigenvalue weighted by atomic mass is 9.49. The van der Waals surface area contributed by atoms with Gasteiger partial charge in [-0.3, -0.25) is 39.2 Å². The van der Waals surface area contributed by atoms with Crippen LogP contribution in [0, 0.1) is 29.6 Å². The molecule has 66 heavy (non-hydrogen) atoms. The Morgan fingerprint density at radius 2 is 1.65 bits per heavy atom. The van der Waals surface area contributed by atoms with Crippen molar-refractivity contribution in [3.63, 3.8) is 0 Å². The predicted molar refractivity (Wildman–Crippen MR) is 255 cm³/mol. The van der Waals surface area contributed by atoms with Crippen LogP contribution in [-0.4, -0.2) is 124 Å². The lowest BCUT2D eigenvalue weighted by molar-refractivity contribution is -0.174. The maximum Gasteiger partial charge on any atom is 0.258 e. The largest absolute Gasteiger partial charge is 0.491 e. The summed E-state index contributed by atoms with van der Waals surface area (Å²) in [5, 5.41) is 14.4. The van der Waals surface area contributed by atoms with E-state index in [9.17, 15) is 22.8 Å². The Kier molecular flexibility index (Phi) is 14.0. The molecule has 4 fully saturated rings. The van der Waals surface area contributed by atoms with Gasteiger partial charge in [-0.2, -0.15) is 0 Å². The van der Waals surface area contributed by atoms with Crippen LogP contribution in [0.15, 0.2) is 65.7 Å². The average molecular weight is 950 g/mol. The summed E-state index contributed by atoms with van der Waals surface area (Å²) in [6.45, 7) is 16.2. The van der Waals surface area contributed by atoms with Crippen molar-refractivity contribution >= 4 is 44.7 Å². The number of piperidine rings is 1. The number of carbonyl (C=O) groups excluding carboxylic acids is 2. The number of benzene rings is 2. The van der Waals surface area contributed by atoms with Crippen molar-refractivity contribution in [1.82, 2.24) is 35.6 Å². The molecule has 3 saturated heterocycles. The summed E-state index contributed by atoms with van der Waals surface area (Å²) in [4.78, 5) is 44.1. The van der Waals surface area contributed by atoms with E-state index in [-0.39, 0.29) is 76.9 Å². The number of anilines is 1. The molecule has 358 valence electrons. The number of sulfonamides is 1. The SMILES string of the molecule is CCS(=O)(=O)Nc1ccc(-n2ccc(OCCOC3CCN(C4NCC(C(=O)NC5C(C)(C)C(Oc6ccc(C)c(Cl)c6)C5(C)C)CN4)CC3)cc2=O)c(C2=CN(C)C(=O)C3NCCC23)c1. The van der Waals surface area contributed by atoms with E-state index in [1.165, 1.54) is 10.6 Å². The van der Waals surface area contributed by atoms with Crippen molar-refractivity contribution in [2.24, 2.45) is 22.7 Å². The van der Waals surface area contributed by atoms with E-state index in [4.69, 9.17) is 25.8 Å². The number of aromatic nitrogens is 1. The fourth-order valence-electron chi connectivity index (χ4n) is 10.8. The number of halogens is 1. The Labute approximate surface area is 393 Å². The van der Waals surface area contributed by atoms with E-state index >= 15 is 0 Å². The zero-order valence-electron chi connectivity index (χ0n) is 39.0. The van der Waals surface area contributed by atoms with Gasteiger partial charge in [-0.15, -0.1) is 0 Å².